The van der Waals surface area contributed by atoms with Gasteiger partial charge in [-0.15, -0.1) is 0 Å². The Hall–Kier alpha value is -1.66. The van der Waals surface area contributed by atoms with Gasteiger partial charge in [0.25, 0.3) is 0 Å². The van der Waals surface area contributed by atoms with E-state index in [1.807, 2.05) is 44.2 Å². The maximum absolute atomic E-state index is 11.4. The predicted octanol–water partition coefficient (Wildman–Crippen LogP) is 5.37. The number of ether oxygens (including phenoxy) is 5. The summed E-state index contributed by atoms with van der Waals surface area (Å²) in [6.07, 6.45) is 17.5. The molecule has 0 radical (unpaired) electrons. The van der Waals surface area contributed by atoms with Crippen molar-refractivity contribution in [1.82, 2.24) is 0 Å². The average Bonchev–Trinajstić information content (AvgIpc) is 3.64. The van der Waals surface area contributed by atoms with Crippen molar-refractivity contribution < 1.29 is 44.1 Å². The summed E-state index contributed by atoms with van der Waals surface area (Å²) in [6, 6.07) is 0. The van der Waals surface area contributed by atoms with Crippen LogP contribution < -0.4 is 0 Å². The average molecular weight is 673 g/mol. The number of hydrogen-bond acceptors (Lipinski definition) is 9. The standard InChI is InChI=1S/C39H60O9/c1-24(2)17-31(41)34-15-14-28(44-34)20-30-18-26(4)22-39(47-30)23-33(43)37-38(48-39)32(42)21-29(45-37)19-27(5)36-35(46-36)13-9-8-12-25(3)11-7-6-10-16-40/h6-8,11-12,17,22,27-38,40-43H,9-10,13-16,18-21,23H2,1-5H3/b7-6+,12-8+,25-11+/t27-,28+,29+,30-,31+,32+,33-,34+,35+,36+,37-,38+,39-/m0/s1. The van der Waals surface area contributed by atoms with Crippen molar-refractivity contribution in [1.29, 1.82) is 0 Å². The normalized spacial score (nSPS) is 39.9. The molecule has 5 aliphatic rings. The third-order valence-electron chi connectivity index (χ3n) is 10.3. The SMILES string of the molecule is CC(C)=C[C@@H](O)[C@H]1CC[C@H](C[C@@H]2CC(C)=C[C@]3(C[C@H](O)[C@@H]4O[C@H](C[C@H](C)[C@H]5O[C@@H]5CC/C=C/C(C)=C/C=C/CCO)C[C@@H](O)[C@H]4O3)O2)O1. The molecule has 9 nitrogen and oxygen atoms in total. The molecule has 0 amide bonds. The molecule has 0 unspecified atom stereocenters. The molecule has 48 heavy (non-hydrogen) atoms. The van der Waals surface area contributed by atoms with E-state index in [4.69, 9.17) is 28.8 Å². The number of aliphatic hydroxyl groups excluding tert-OH is 4. The fourth-order valence-electron chi connectivity index (χ4n) is 8.04. The Kier molecular flexibility index (Phi) is 13.3. The van der Waals surface area contributed by atoms with Crippen molar-refractivity contribution in [3.63, 3.8) is 0 Å². The Morgan fingerprint density at radius 2 is 1.79 bits per heavy atom. The second-order valence-corrected chi connectivity index (χ2v) is 15.2. The van der Waals surface area contributed by atoms with Gasteiger partial charge in [0.05, 0.1) is 54.9 Å². The molecule has 0 aromatic carbocycles. The van der Waals surface area contributed by atoms with E-state index in [2.05, 4.69) is 32.9 Å². The van der Waals surface area contributed by atoms with Gasteiger partial charge in [0.1, 0.15) is 12.2 Å². The summed E-state index contributed by atoms with van der Waals surface area (Å²) < 4.78 is 31.8. The Morgan fingerprint density at radius 3 is 2.56 bits per heavy atom. The fourth-order valence-corrected chi connectivity index (χ4v) is 8.04. The molecule has 0 bridgehead atoms. The lowest BCUT2D eigenvalue weighted by atomic mass is 9.84. The minimum Gasteiger partial charge on any atom is -0.396 e. The van der Waals surface area contributed by atoms with Crippen LogP contribution in [0.15, 0.2) is 59.3 Å². The lowest BCUT2D eigenvalue weighted by Gasteiger charge is -2.52. The van der Waals surface area contributed by atoms with Crippen LogP contribution in [0, 0.1) is 5.92 Å². The van der Waals surface area contributed by atoms with Crippen molar-refractivity contribution in [3.05, 3.63) is 59.3 Å². The van der Waals surface area contributed by atoms with Crippen LogP contribution in [0.1, 0.15) is 98.8 Å². The first-order valence-corrected chi connectivity index (χ1v) is 18.3. The van der Waals surface area contributed by atoms with Crippen molar-refractivity contribution in [2.75, 3.05) is 6.61 Å². The Labute approximate surface area is 287 Å². The molecule has 0 aliphatic carbocycles. The molecule has 5 aliphatic heterocycles. The molecule has 1 spiro atoms. The van der Waals surface area contributed by atoms with Crippen molar-refractivity contribution in [3.8, 4) is 0 Å². The van der Waals surface area contributed by atoms with Crippen molar-refractivity contribution >= 4 is 0 Å². The zero-order valence-electron chi connectivity index (χ0n) is 29.6. The van der Waals surface area contributed by atoms with Crippen molar-refractivity contribution in [2.45, 2.75) is 172 Å². The maximum Gasteiger partial charge on any atom is 0.191 e. The second-order valence-electron chi connectivity index (χ2n) is 15.2. The smallest absolute Gasteiger partial charge is 0.191 e. The van der Waals surface area contributed by atoms with Gasteiger partial charge in [-0.25, -0.2) is 0 Å². The molecule has 0 saturated carbocycles. The van der Waals surface area contributed by atoms with E-state index in [0.29, 0.717) is 19.3 Å². The zero-order valence-corrected chi connectivity index (χ0v) is 29.6. The Bertz CT molecular complexity index is 1200. The van der Waals surface area contributed by atoms with Gasteiger partial charge in [0, 0.05) is 25.9 Å². The molecular formula is C39H60O9. The Balaban J connectivity index is 1.08. The van der Waals surface area contributed by atoms with E-state index in [-0.39, 0.29) is 55.6 Å². The van der Waals surface area contributed by atoms with Gasteiger partial charge in [-0.05, 0) is 84.6 Å². The summed E-state index contributed by atoms with van der Waals surface area (Å²) in [5.41, 5.74) is 3.36. The lowest BCUT2D eigenvalue weighted by Crippen LogP contribution is -2.64. The molecule has 4 saturated heterocycles. The Morgan fingerprint density at radius 1 is 0.979 bits per heavy atom. The van der Waals surface area contributed by atoms with Gasteiger partial charge < -0.3 is 44.1 Å². The zero-order chi connectivity index (χ0) is 34.4. The number of hydrogen-bond donors (Lipinski definition) is 4. The highest BCUT2D eigenvalue weighted by Crippen LogP contribution is 2.45. The summed E-state index contributed by atoms with van der Waals surface area (Å²) in [6.45, 7) is 10.4. The topological polar surface area (TPSA) is 130 Å². The fraction of sp³-hybridized carbons (Fsp3) is 0.744. The highest BCUT2D eigenvalue weighted by molar-refractivity contribution is 5.21. The largest absolute Gasteiger partial charge is 0.396 e. The summed E-state index contributed by atoms with van der Waals surface area (Å²) in [5.74, 6) is -0.848. The van der Waals surface area contributed by atoms with Crippen molar-refractivity contribution in [2.24, 2.45) is 5.92 Å². The van der Waals surface area contributed by atoms with Crippen LogP contribution in [0.25, 0.3) is 0 Å². The summed E-state index contributed by atoms with van der Waals surface area (Å²) in [5, 5.41) is 42.0. The number of allylic oxidation sites excluding steroid dienone is 6. The highest BCUT2D eigenvalue weighted by atomic mass is 16.7. The van der Waals surface area contributed by atoms with Gasteiger partial charge in [-0.1, -0.05) is 60.1 Å². The van der Waals surface area contributed by atoms with Gasteiger partial charge >= 0.3 is 0 Å². The number of aliphatic hydroxyl groups is 4. The van der Waals surface area contributed by atoms with E-state index < -0.39 is 36.3 Å². The molecule has 9 heteroatoms. The van der Waals surface area contributed by atoms with E-state index in [1.54, 1.807) is 0 Å². The van der Waals surface area contributed by atoms with Gasteiger partial charge in [0.15, 0.2) is 5.79 Å². The van der Waals surface area contributed by atoms with E-state index >= 15 is 0 Å². The second kappa shape index (κ2) is 17.0. The summed E-state index contributed by atoms with van der Waals surface area (Å²) in [7, 11) is 0. The predicted molar refractivity (Wildman–Crippen MR) is 184 cm³/mol. The molecule has 0 aromatic rings. The van der Waals surface area contributed by atoms with Crippen LogP contribution in [0.2, 0.25) is 0 Å². The third-order valence-corrected chi connectivity index (χ3v) is 10.3. The van der Waals surface area contributed by atoms with Gasteiger partial charge in [-0.2, -0.15) is 0 Å². The lowest BCUT2D eigenvalue weighted by molar-refractivity contribution is -0.348. The highest BCUT2D eigenvalue weighted by Gasteiger charge is 2.55. The molecule has 270 valence electrons. The quantitative estimate of drug-likeness (QED) is 0.109. The van der Waals surface area contributed by atoms with Crippen LogP contribution in [-0.2, 0) is 23.7 Å². The molecular weight excluding hydrogens is 612 g/mol. The monoisotopic (exact) mass is 672 g/mol. The van der Waals surface area contributed by atoms with E-state index in [9.17, 15) is 15.3 Å². The first kappa shape index (κ1) is 37.6. The minimum atomic E-state index is -1.12. The van der Waals surface area contributed by atoms with Crippen LogP contribution in [0.3, 0.4) is 0 Å². The molecule has 4 N–H and O–H groups in total. The summed E-state index contributed by atoms with van der Waals surface area (Å²) >= 11 is 0. The third kappa shape index (κ3) is 10.2. The molecule has 0 aromatic heterocycles. The van der Waals surface area contributed by atoms with E-state index in [1.165, 1.54) is 5.57 Å². The van der Waals surface area contributed by atoms with Crippen LogP contribution in [-0.4, -0.2) is 100.0 Å². The van der Waals surface area contributed by atoms with Gasteiger partial charge in [-0.3, -0.25) is 0 Å². The van der Waals surface area contributed by atoms with Crippen LogP contribution >= 0.6 is 0 Å². The van der Waals surface area contributed by atoms with Gasteiger partial charge in [0.2, 0.25) is 0 Å². The molecule has 4 fully saturated rings. The molecule has 13 atom stereocenters. The first-order chi connectivity index (χ1) is 22.9. The summed E-state index contributed by atoms with van der Waals surface area (Å²) in [4.78, 5) is 0. The van der Waals surface area contributed by atoms with E-state index in [0.717, 1.165) is 49.7 Å². The minimum absolute atomic E-state index is 0.0144. The molecule has 5 rings (SSSR count). The number of fused-ring (bicyclic) bond motifs is 1. The molecule has 5 heterocycles. The number of rotatable bonds is 14. The maximum atomic E-state index is 11.4. The first-order valence-electron chi connectivity index (χ1n) is 18.3. The van der Waals surface area contributed by atoms with Crippen LogP contribution in [0.4, 0.5) is 0 Å². The number of epoxide rings is 1. The van der Waals surface area contributed by atoms with Crippen LogP contribution in [0.5, 0.6) is 0 Å².